The van der Waals surface area contributed by atoms with Crippen LogP contribution < -0.4 is 5.32 Å². The van der Waals surface area contributed by atoms with E-state index in [-0.39, 0.29) is 0 Å². The summed E-state index contributed by atoms with van der Waals surface area (Å²) in [4.78, 5) is 8.80. The Hall–Kier alpha value is -1.16. The van der Waals surface area contributed by atoms with Crippen LogP contribution in [-0.2, 0) is 11.3 Å². The summed E-state index contributed by atoms with van der Waals surface area (Å²) >= 11 is 0. The molecule has 1 aliphatic carbocycles. The molecule has 2 unspecified atom stereocenters. The third-order valence-corrected chi connectivity index (χ3v) is 3.22. The van der Waals surface area contributed by atoms with Gasteiger partial charge in [-0.15, -0.1) is 0 Å². The van der Waals surface area contributed by atoms with Gasteiger partial charge in [-0.1, -0.05) is 6.92 Å². The Bertz CT molecular complexity index is 381. The standard InChI is InChI=1S/C13H21N3O/c1-9-4-5-11(6-9)15-12-7-10(2)14-13(16-12)8-17-3/h7,9,11H,4-6,8H2,1-3H3,(H,14,15,16). The number of hydrogen-bond donors (Lipinski definition) is 1. The number of nitrogens with one attached hydrogen (secondary N) is 1. The number of rotatable bonds is 4. The van der Waals surface area contributed by atoms with E-state index in [1.54, 1.807) is 7.11 Å². The first-order valence-corrected chi connectivity index (χ1v) is 6.27. The zero-order chi connectivity index (χ0) is 12.3. The summed E-state index contributed by atoms with van der Waals surface area (Å²) in [5.41, 5.74) is 0.987. The van der Waals surface area contributed by atoms with Crippen molar-refractivity contribution in [3.8, 4) is 0 Å². The summed E-state index contributed by atoms with van der Waals surface area (Å²) in [5, 5.41) is 3.50. The first-order chi connectivity index (χ1) is 8.17. The van der Waals surface area contributed by atoms with Crippen molar-refractivity contribution in [1.82, 2.24) is 9.97 Å². The largest absolute Gasteiger partial charge is 0.377 e. The molecule has 0 amide bonds. The second-order valence-electron chi connectivity index (χ2n) is 5.00. The summed E-state index contributed by atoms with van der Waals surface area (Å²) in [6.07, 6.45) is 3.79. The average Bonchev–Trinajstić information content (AvgIpc) is 2.63. The maximum absolute atomic E-state index is 5.07. The molecule has 0 bridgehead atoms. The van der Waals surface area contributed by atoms with Crippen molar-refractivity contribution < 1.29 is 4.74 Å². The maximum Gasteiger partial charge on any atom is 0.156 e. The van der Waals surface area contributed by atoms with Crippen molar-refractivity contribution in [2.45, 2.75) is 45.8 Å². The molecule has 1 aromatic rings. The minimum Gasteiger partial charge on any atom is -0.377 e. The van der Waals surface area contributed by atoms with Crippen LogP contribution in [0, 0.1) is 12.8 Å². The van der Waals surface area contributed by atoms with Crippen LogP contribution in [0.5, 0.6) is 0 Å². The third-order valence-electron chi connectivity index (χ3n) is 3.22. The summed E-state index contributed by atoms with van der Waals surface area (Å²) in [6.45, 7) is 4.77. The van der Waals surface area contributed by atoms with Gasteiger partial charge in [0.25, 0.3) is 0 Å². The van der Waals surface area contributed by atoms with Gasteiger partial charge in [0.05, 0.1) is 0 Å². The van der Waals surface area contributed by atoms with E-state index in [4.69, 9.17) is 4.74 Å². The van der Waals surface area contributed by atoms with E-state index in [0.29, 0.717) is 12.6 Å². The number of ether oxygens (including phenoxy) is 1. The highest BCUT2D eigenvalue weighted by Gasteiger charge is 2.21. The minimum atomic E-state index is 0.470. The molecule has 0 spiro atoms. The van der Waals surface area contributed by atoms with Crippen molar-refractivity contribution >= 4 is 5.82 Å². The van der Waals surface area contributed by atoms with Crippen LogP contribution in [-0.4, -0.2) is 23.1 Å². The summed E-state index contributed by atoms with van der Waals surface area (Å²) < 4.78 is 5.07. The smallest absolute Gasteiger partial charge is 0.156 e. The summed E-state index contributed by atoms with van der Waals surface area (Å²) in [6, 6.07) is 2.57. The molecule has 0 saturated heterocycles. The van der Waals surface area contributed by atoms with E-state index in [0.717, 1.165) is 23.3 Å². The van der Waals surface area contributed by atoms with Crippen molar-refractivity contribution in [2.24, 2.45) is 5.92 Å². The van der Waals surface area contributed by atoms with Crippen molar-refractivity contribution in [2.75, 3.05) is 12.4 Å². The number of aryl methyl sites for hydroxylation is 1. The molecule has 2 atom stereocenters. The number of anilines is 1. The molecule has 17 heavy (non-hydrogen) atoms. The molecule has 0 aromatic carbocycles. The lowest BCUT2D eigenvalue weighted by Crippen LogP contribution is -2.17. The van der Waals surface area contributed by atoms with Gasteiger partial charge in [0.15, 0.2) is 5.82 Å². The summed E-state index contributed by atoms with van der Waals surface area (Å²) in [5.74, 6) is 2.51. The van der Waals surface area contributed by atoms with Crippen LogP contribution in [0.15, 0.2) is 6.07 Å². The number of methoxy groups -OCH3 is 1. The van der Waals surface area contributed by atoms with Gasteiger partial charge >= 0.3 is 0 Å². The van der Waals surface area contributed by atoms with Crippen LogP contribution in [0.3, 0.4) is 0 Å². The molecular weight excluding hydrogens is 214 g/mol. The van der Waals surface area contributed by atoms with Crippen molar-refractivity contribution in [3.63, 3.8) is 0 Å². The Balaban J connectivity index is 2.04. The maximum atomic E-state index is 5.07. The van der Waals surface area contributed by atoms with Crippen LogP contribution >= 0.6 is 0 Å². The van der Waals surface area contributed by atoms with Crippen LogP contribution in [0.2, 0.25) is 0 Å². The Labute approximate surface area is 103 Å². The molecule has 4 heteroatoms. The number of aromatic nitrogens is 2. The Kier molecular flexibility index (Phi) is 3.94. The van der Waals surface area contributed by atoms with E-state index in [1.165, 1.54) is 19.3 Å². The Morgan fingerprint density at radius 2 is 2.24 bits per heavy atom. The molecular formula is C13H21N3O. The normalized spacial score (nSPS) is 23.9. The fourth-order valence-corrected chi connectivity index (χ4v) is 2.44. The quantitative estimate of drug-likeness (QED) is 0.871. The van der Waals surface area contributed by atoms with Gasteiger partial charge in [-0.3, -0.25) is 0 Å². The highest BCUT2D eigenvalue weighted by molar-refractivity contribution is 5.37. The number of nitrogens with zero attached hydrogens (tertiary/aromatic N) is 2. The Morgan fingerprint density at radius 3 is 2.88 bits per heavy atom. The highest BCUT2D eigenvalue weighted by atomic mass is 16.5. The van der Waals surface area contributed by atoms with Gasteiger partial charge < -0.3 is 10.1 Å². The molecule has 1 aliphatic rings. The SMILES string of the molecule is COCc1nc(C)cc(NC2CCC(C)C2)n1. The first-order valence-electron chi connectivity index (χ1n) is 6.27. The van der Waals surface area contributed by atoms with E-state index in [2.05, 4.69) is 22.2 Å². The van der Waals surface area contributed by atoms with Crippen LogP contribution in [0.1, 0.15) is 37.7 Å². The molecule has 1 saturated carbocycles. The topological polar surface area (TPSA) is 47.0 Å². The lowest BCUT2D eigenvalue weighted by atomic mass is 10.1. The van der Waals surface area contributed by atoms with Crippen molar-refractivity contribution in [1.29, 1.82) is 0 Å². The molecule has 1 N–H and O–H groups in total. The monoisotopic (exact) mass is 235 g/mol. The lowest BCUT2D eigenvalue weighted by Gasteiger charge is -2.14. The van der Waals surface area contributed by atoms with Gasteiger partial charge in [0, 0.05) is 24.9 Å². The predicted octanol–water partition coefficient (Wildman–Crippen LogP) is 2.53. The molecule has 0 aliphatic heterocycles. The zero-order valence-electron chi connectivity index (χ0n) is 10.9. The van der Waals surface area contributed by atoms with Gasteiger partial charge in [0.1, 0.15) is 12.4 Å². The van der Waals surface area contributed by atoms with E-state index in [1.807, 2.05) is 13.0 Å². The van der Waals surface area contributed by atoms with E-state index < -0.39 is 0 Å². The molecule has 0 radical (unpaired) electrons. The predicted molar refractivity (Wildman–Crippen MR) is 67.9 cm³/mol. The second kappa shape index (κ2) is 5.45. The first kappa shape index (κ1) is 12.3. The number of hydrogen-bond acceptors (Lipinski definition) is 4. The minimum absolute atomic E-state index is 0.470. The molecule has 1 aromatic heterocycles. The highest BCUT2D eigenvalue weighted by Crippen LogP contribution is 2.27. The average molecular weight is 235 g/mol. The van der Waals surface area contributed by atoms with Gasteiger partial charge in [0.2, 0.25) is 0 Å². The third kappa shape index (κ3) is 3.40. The molecule has 1 heterocycles. The fourth-order valence-electron chi connectivity index (χ4n) is 2.44. The zero-order valence-corrected chi connectivity index (χ0v) is 10.9. The van der Waals surface area contributed by atoms with E-state index >= 15 is 0 Å². The fraction of sp³-hybridized carbons (Fsp3) is 0.692. The van der Waals surface area contributed by atoms with Crippen LogP contribution in [0.4, 0.5) is 5.82 Å². The van der Waals surface area contributed by atoms with Crippen LogP contribution in [0.25, 0.3) is 0 Å². The Morgan fingerprint density at radius 1 is 1.41 bits per heavy atom. The molecule has 4 nitrogen and oxygen atoms in total. The van der Waals surface area contributed by atoms with Gasteiger partial charge in [-0.25, -0.2) is 9.97 Å². The van der Waals surface area contributed by atoms with E-state index in [9.17, 15) is 0 Å². The van der Waals surface area contributed by atoms with Crippen molar-refractivity contribution in [3.05, 3.63) is 17.6 Å². The lowest BCUT2D eigenvalue weighted by molar-refractivity contribution is 0.177. The molecule has 94 valence electrons. The summed E-state index contributed by atoms with van der Waals surface area (Å²) in [7, 11) is 1.66. The molecule has 2 rings (SSSR count). The van der Waals surface area contributed by atoms with Gasteiger partial charge in [-0.05, 0) is 32.1 Å². The molecule has 1 fully saturated rings. The second-order valence-corrected chi connectivity index (χ2v) is 5.00. The van der Waals surface area contributed by atoms with Gasteiger partial charge in [-0.2, -0.15) is 0 Å².